The number of hydrogen-bond acceptors (Lipinski definition) is 4. The zero-order chi connectivity index (χ0) is 32.9. The van der Waals surface area contributed by atoms with E-state index in [4.69, 9.17) is 34.8 Å². The summed E-state index contributed by atoms with van der Waals surface area (Å²) in [6.45, 7) is 0.210. The highest BCUT2D eigenvalue weighted by atomic mass is 35.5. The topological polar surface area (TPSA) is 86.8 Å². The number of carbonyl (C=O) groups excluding carboxylic acids is 2. The van der Waals surface area contributed by atoms with Gasteiger partial charge in [-0.2, -0.15) is 13.2 Å². The monoisotopic (exact) mass is 703 g/mol. The molecular weight excluding hydrogens is 674 g/mol. The molecule has 242 valence electrons. The number of nitrogens with one attached hydrogen (secondary N) is 1. The number of carbonyl (C=O) groups is 2. The summed E-state index contributed by atoms with van der Waals surface area (Å²) < 4.78 is 69.6. The molecule has 1 aliphatic carbocycles. The van der Waals surface area contributed by atoms with Crippen LogP contribution in [0.3, 0.4) is 0 Å². The lowest BCUT2D eigenvalue weighted by Crippen LogP contribution is -2.53. The van der Waals surface area contributed by atoms with Gasteiger partial charge in [0.1, 0.15) is 12.6 Å². The highest BCUT2D eigenvalue weighted by Gasteiger charge is 2.37. The molecule has 0 radical (unpaired) electrons. The first kappa shape index (κ1) is 34.9. The van der Waals surface area contributed by atoms with Gasteiger partial charge in [-0.25, -0.2) is 8.42 Å². The second-order valence-corrected chi connectivity index (χ2v) is 13.8. The number of rotatable bonds is 10. The van der Waals surface area contributed by atoms with E-state index < -0.39 is 51.9 Å². The average molecular weight is 705 g/mol. The van der Waals surface area contributed by atoms with E-state index in [0.29, 0.717) is 22.0 Å². The van der Waals surface area contributed by atoms with E-state index in [0.717, 1.165) is 43.1 Å². The molecule has 0 spiro atoms. The summed E-state index contributed by atoms with van der Waals surface area (Å²) in [6.07, 6.45) is -0.326. The average Bonchev–Trinajstić information content (AvgIpc) is 3.00. The molecule has 0 aromatic heterocycles. The summed E-state index contributed by atoms with van der Waals surface area (Å²) in [6, 6.07) is 12.6. The van der Waals surface area contributed by atoms with Crippen molar-refractivity contribution in [1.82, 2.24) is 10.2 Å². The van der Waals surface area contributed by atoms with Gasteiger partial charge in [0.25, 0.3) is 10.0 Å². The third kappa shape index (κ3) is 8.44. The molecule has 1 atom stereocenters. The largest absolute Gasteiger partial charge is 0.416 e. The van der Waals surface area contributed by atoms with Gasteiger partial charge in [0.15, 0.2) is 0 Å². The minimum atomic E-state index is -4.83. The Morgan fingerprint density at radius 3 is 2.13 bits per heavy atom. The van der Waals surface area contributed by atoms with Crippen molar-refractivity contribution in [3.8, 4) is 0 Å². The number of amides is 2. The molecule has 0 aliphatic heterocycles. The molecule has 3 aromatic carbocycles. The fourth-order valence-electron chi connectivity index (χ4n) is 5.12. The maximum atomic E-state index is 14.2. The lowest BCUT2D eigenvalue weighted by molar-refractivity contribution is -0.139. The Kier molecular flexibility index (Phi) is 11.3. The van der Waals surface area contributed by atoms with Crippen LogP contribution in [0.5, 0.6) is 0 Å². The maximum absolute atomic E-state index is 14.2. The zero-order valence-corrected chi connectivity index (χ0v) is 27.2. The molecule has 14 heteroatoms. The van der Waals surface area contributed by atoms with Crippen LogP contribution in [0.25, 0.3) is 0 Å². The van der Waals surface area contributed by atoms with Crippen molar-refractivity contribution in [2.45, 2.75) is 68.7 Å². The summed E-state index contributed by atoms with van der Waals surface area (Å²) in [7, 11) is -4.64. The fraction of sp³-hybridized carbons (Fsp3) is 0.355. The number of alkyl halides is 3. The van der Waals surface area contributed by atoms with Gasteiger partial charge in [-0.3, -0.25) is 13.9 Å². The Bertz CT molecular complexity index is 1620. The van der Waals surface area contributed by atoms with Gasteiger partial charge in [-0.15, -0.1) is 0 Å². The smallest absolute Gasteiger partial charge is 0.352 e. The van der Waals surface area contributed by atoms with Crippen LogP contribution in [0.4, 0.5) is 18.9 Å². The molecule has 3 aromatic rings. The molecule has 0 heterocycles. The summed E-state index contributed by atoms with van der Waals surface area (Å²) in [4.78, 5) is 28.4. The van der Waals surface area contributed by atoms with Crippen molar-refractivity contribution in [3.05, 3.63) is 92.9 Å². The number of benzene rings is 3. The van der Waals surface area contributed by atoms with Crippen molar-refractivity contribution in [1.29, 1.82) is 0 Å². The molecule has 1 saturated carbocycles. The SMILES string of the molecule is C[C@@H](C(=O)NC1CCCCC1)N(Cc1c(Cl)cccc1Cl)C(=O)CN(c1cc(C(F)(F)F)ccc1Cl)S(=O)(=O)c1ccccc1. The van der Waals surface area contributed by atoms with Gasteiger partial charge >= 0.3 is 6.18 Å². The molecule has 0 bridgehead atoms. The van der Waals surface area contributed by atoms with Crippen LogP contribution >= 0.6 is 34.8 Å². The Labute approximate surface area is 275 Å². The van der Waals surface area contributed by atoms with E-state index in [9.17, 15) is 31.2 Å². The molecular formula is C31H31Cl3F3N3O4S. The summed E-state index contributed by atoms with van der Waals surface area (Å²) >= 11 is 19.1. The highest BCUT2D eigenvalue weighted by Crippen LogP contribution is 2.37. The van der Waals surface area contributed by atoms with E-state index >= 15 is 0 Å². The molecule has 0 saturated heterocycles. The van der Waals surface area contributed by atoms with Crippen LogP contribution in [0.15, 0.2) is 71.6 Å². The van der Waals surface area contributed by atoms with Crippen LogP contribution < -0.4 is 9.62 Å². The van der Waals surface area contributed by atoms with Crippen LogP contribution in [0, 0.1) is 0 Å². The summed E-state index contributed by atoms with van der Waals surface area (Å²) in [5.41, 5.74) is -1.41. The normalized spacial score (nSPS) is 14.9. The van der Waals surface area contributed by atoms with Gasteiger partial charge in [0.2, 0.25) is 11.8 Å². The van der Waals surface area contributed by atoms with Crippen molar-refractivity contribution >= 4 is 62.3 Å². The third-order valence-corrected chi connectivity index (χ3v) is 10.5. The van der Waals surface area contributed by atoms with Crippen LogP contribution in [-0.4, -0.2) is 43.8 Å². The Morgan fingerprint density at radius 1 is 0.911 bits per heavy atom. The lowest BCUT2D eigenvalue weighted by Gasteiger charge is -2.34. The summed E-state index contributed by atoms with van der Waals surface area (Å²) in [5, 5.41) is 3.04. The first-order chi connectivity index (χ1) is 21.2. The van der Waals surface area contributed by atoms with Crippen LogP contribution in [-0.2, 0) is 32.3 Å². The van der Waals surface area contributed by atoms with Crippen LogP contribution in [0.1, 0.15) is 50.2 Å². The Morgan fingerprint density at radius 2 is 1.53 bits per heavy atom. The maximum Gasteiger partial charge on any atom is 0.416 e. The van der Waals surface area contributed by atoms with E-state index in [-0.39, 0.29) is 32.5 Å². The van der Waals surface area contributed by atoms with Gasteiger partial charge in [0, 0.05) is 28.2 Å². The first-order valence-corrected chi connectivity index (χ1v) is 16.7. The standard InChI is InChI=1S/C31H31Cl3F3N3O4S/c1-20(30(42)38-22-9-4-2-5-10-22)39(18-24-25(32)13-8-14-26(24)33)29(41)19-40(45(43,44)23-11-6-3-7-12-23)28-17-21(31(35,36)37)15-16-27(28)34/h3,6-8,11-17,20,22H,2,4-5,9-10,18-19H2,1H3,(H,38,42)/t20-/m0/s1. The second kappa shape index (κ2) is 14.6. The summed E-state index contributed by atoms with van der Waals surface area (Å²) in [5.74, 6) is -1.38. The van der Waals surface area contributed by atoms with Gasteiger partial charge in [-0.1, -0.05) is 78.3 Å². The minimum absolute atomic E-state index is 0.0894. The molecule has 1 aliphatic rings. The molecule has 2 amide bonds. The number of nitrogens with zero attached hydrogens (tertiary/aromatic N) is 2. The fourth-order valence-corrected chi connectivity index (χ4v) is 7.35. The van der Waals surface area contributed by atoms with E-state index in [1.165, 1.54) is 31.2 Å². The molecule has 1 N–H and O–H groups in total. The minimum Gasteiger partial charge on any atom is -0.352 e. The quantitative estimate of drug-likeness (QED) is 0.234. The van der Waals surface area contributed by atoms with Crippen molar-refractivity contribution in [2.75, 3.05) is 10.8 Å². The molecule has 7 nitrogen and oxygen atoms in total. The van der Waals surface area contributed by atoms with Crippen molar-refractivity contribution in [2.24, 2.45) is 0 Å². The van der Waals surface area contributed by atoms with Crippen molar-refractivity contribution in [3.63, 3.8) is 0 Å². The van der Waals surface area contributed by atoms with E-state index in [2.05, 4.69) is 5.32 Å². The predicted molar refractivity (Wildman–Crippen MR) is 169 cm³/mol. The van der Waals surface area contributed by atoms with Gasteiger partial charge in [0.05, 0.1) is 21.2 Å². The predicted octanol–water partition coefficient (Wildman–Crippen LogP) is 7.73. The number of halogens is 6. The molecule has 4 rings (SSSR count). The molecule has 1 fully saturated rings. The zero-order valence-electron chi connectivity index (χ0n) is 24.2. The number of hydrogen-bond donors (Lipinski definition) is 1. The second-order valence-electron chi connectivity index (χ2n) is 10.7. The highest BCUT2D eigenvalue weighted by molar-refractivity contribution is 7.92. The van der Waals surface area contributed by atoms with Crippen molar-refractivity contribution < 1.29 is 31.2 Å². The Balaban J connectivity index is 1.78. The molecule has 0 unspecified atom stereocenters. The Hall–Kier alpha value is -2.99. The first-order valence-electron chi connectivity index (χ1n) is 14.2. The number of sulfonamides is 1. The van der Waals surface area contributed by atoms with Gasteiger partial charge < -0.3 is 10.2 Å². The number of anilines is 1. The van der Waals surface area contributed by atoms with E-state index in [1.807, 2.05) is 0 Å². The lowest BCUT2D eigenvalue weighted by atomic mass is 9.95. The molecule has 45 heavy (non-hydrogen) atoms. The van der Waals surface area contributed by atoms with Gasteiger partial charge in [-0.05, 0) is 62.2 Å². The van der Waals surface area contributed by atoms with E-state index in [1.54, 1.807) is 24.3 Å². The van der Waals surface area contributed by atoms with Crippen LogP contribution in [0.2, 0.25) is 15.1 Å². The third-order valence-electron chi connectivity index (χ3n) is 7.66.